The molecule has 6 rings (SSSR count). The number of hydrogen-bond donors (Lipinski definition) is 0. The lowest BCUT2D eigenvalue weighted by Crippen LogP contribution is -2.31. The van der Waals surface area contributed by atoms with E-state index in [1.54, 1.807) is 0 Å². The maximum absolute atomic E-state index is 8.01. The predicted molar refractivity (Wildman–Crippen MR) is 157 cm³/mol. The van der Waals surface area contributed by atoms with E-state index in [-0.39, 0.29) is 5.41 Å². The summed E-state index contributed by atoms with van der Waals surface area (Å²) in [4.78, 5) is 3.95. The first-order valence-electron chi connectivity index (χ1n) is 13.1. The number of aryl methyl sites for hydroxylation is 2. The standard InChI is InChI=1S/C35H31N2O/c1-22-11-14-28-33-29(36-5)19-27(26-13-12-24-9-7-8-10-25(24)18-26)20-31(33)38-34(28)32(22)30-17-23(15-16-37(30)6)21-35(2,3)4/h7-20H,21H2,1-4,6H3/q+1. The van der Waals surface area contributed by atoms with Crippen LogP contribution in [0.3, 0.4) is 0 Å². The van der Waals surface area contributed by atoms with Gasteiger partial charge in [0.2, 0.25) is 5.69 Å². The number of furan rings is 1. The van der Waals surface area contributed by atoms with Crippen molar-refractivity contribution in [2.45, 2.75) is 34.1 Å². The fraction of sp³-hybridized carbons (Fsp3) is 0.200. The molecular formula is C35H31N2O+. The highest BCUT2D eigenvalue weighted by Crippen LogP contribution is 2.43. The van der Waals surface area contributed by atoms with E-state index in [1.807, 2.05) is 6.07 Å². The Labute approximate surface area is 223 Å². The van der Waals surface area contributed by atoms with Gasteiger partial charge in [0.25, 0.3) is 0 Å². The maximum Gasteiger partial charge on any atom is 0.216 e. The van der Waals surface area contributed by atoms with Crippen molar-refractivity contribution in [2.75, 3.05) is 0 Å². The molecule has 38 heavy (non-hydrogen) atoms. The minimum atomic E-state index is 0.196. The van der Waals surface area contributed by atoms with Gasteiger partial charge in [-0.15, -0.1) is 0 Å². The smallest absolute Gasteiger partial charge is 0.216 e. The Hall–Kier alpha value is -4.42. The molecule has 6 aromatic rings. The number of fused-ring (bicyclic) bond motifs is 4. The van der Waals surface area contributed by atoms with Crippen molar-refractivity contribution in [3.63, 3.8) is 0 Å². The van der Waals surface area contributed by atoms with Gasteiger partial charge in [-0.3, -0.25) is 0 Å². The summed E-state index contributed by atoms with van der Waals surface area (Å²) in [6.07, 6.45) is 3.13. The zero-order valence-corrected chi connectivity index (χ0v) is 22.6. The molecule has 0 saturated heterocycles. The van der Waals surface area contributed by atoms with E-state index >= 15 is 0 Å². The quantitative estimate of drug-likeness (QED) is 0.177. The highest BCUT2D eigenvalue weighted by atomic mass is 16.3. The van der Waals surface area contributed by atoms with Crippen LogP contribution in [0, 0.1) is 18.9 Å². The molecule has 0 amide bonds. The van der Waals surface area contributed by atoms with Crippen LogP contribution in [-0.2, 0) is 13.5 Å². The number of pyridine rings is 1. The first-order chi connectivity index (χ1) is 18.2. The van der Waals surface area contributed by atoms with Crippen LogP contribution in [0.1, 0.15) is 31.9 Å². The molecule has 0 unspecified atom stereocenters. The van der Waals surface area contributed by atoms with Crippen molar-refractivity contribution in [1.82, 2.24) is 0 Å². The second-order valence-electron chi connectivity index (χ2n) is 11.5. The van der Waals surface area contributed by atoms with Crippen molar-refractivity contribution in [1.29, 1.82) is 0 Å². The molecule has 2 aromatic heterocycles. The summed E-state index contributed by atoms with van der Waals surface area (Å²) >= 11 is 0. The SMILES string of the molecule is [C-]#[N+]c1cc(-c2ccc3ccccc3c2)cc2oc3c(-c4cc(CC(C)(C)C)cc[n+]4C)c(C)ccc3c12. The third-order valence-corrected chi connectivity index (χ3v) is 7.34. The first kappa shape index (κ1) is 23.9. The lowest BCUT2D eigenvalue weighted by atomic mass is 9.87. The predicted octanol–water partition coefficient (Wildman–Crippen LogP) is 9.35. The third kappa shape index (κ3) is 4.13. The van der Waals surface area contributed by atoms with Crippen molar-refractivity contribution < 1.29 is 8.98 Å². The van der Waals surface area contributed by atoms with Crippen LogP contribution in [0.5, 0.6) is 0 Å². The number of hydrogen-bond acceptors (Lipinski definition) is 1. The molecule has 0 aliphatic heterocycles. The Bertz CT molecular complexity index is 1910. The Morgan fingerprint density at radius 3 is 2.42 bits per heavy atom. The Morgan fingerprint density at radius 2 is 1.66 bits per heavy atom. The lowest BCUT2D eigenvalue weighted by molar-refractivity contribution is -0.660. The van der Waals surface area contributed by atoms with Gasteiger partial charge in [0.05, 0.1) is 12.1 Å². The van der Waals surface area contributed by atoms with Gasteiger partial charge in [-0.05, 0) is 70.0 Å². The summed E-state index contributed by atoms with van der Waals surface area (Å²) in [5, 5.41) is 4.25. The van der Waals surface area contributed by atoms with Gasteiger partial charge in [0, 0.05) is 22.9 Å². The molecular weight excluding hydrogens is 464 g/mol. The van der Waals surface area contributed by atoms with Crippen LogP contribution in [0.2, 0.25) is 0 Å². The molecule has 0 spiro atoms. The Morgan fingerprint density at radius 1 is 0.868 bits per heavy atom. The minimum Gasteiger partial charge on any atom is -0.457 e. The van der Waals surface area contributed by atoms with Crippen LogP contribution in [0.25, 0.3) is 59.9 Å². The van der Waals surface area contributed by atoms with Gasteiger partial charge in [-0.25, -0.2) is 9.41 Å². The second-order valence-corrected chi connectivity index (χ2v) is 11.5. The van der Waals surface area contributed by atoms with Gasteiger partial charge in [-0.1, -0.05) is 69.3 Å². The van der Waals surface area contributed by atoms with E-state index < -0.39 is 0 Å². The maximum atomic E-state index is 8.01. The first-order valence-corrected chi connectivity index (χ1v) is 13.1. The van der Waals surface area contributed by atoms with Crippen molar-refractivity contribution in [3.8, 4) is 22.4 Å². The minimum absolute atomic E-state index is 0.196. The molecule has 3 heteroatoms. The molecule has 0 aliphatic carbocycles. The normalized spacial score (nSPS) is 11.9. The Kier molecular flexibility index (Phi) is 5.58. The van der Waals surface area contributed by atoms with Crippen LogP contribution in [0.15, 0.2) is 89.5 Å². The van der Waals surface area contributed by atoms with Crippen molar-refractivity contribution in [2.24, 2.45) is 12.5 Å². The van der Waals surface area contributed by atoms with Crippen LogP contribution in [0.4, 0.5) is 5.69 Å². The zero-order chi connectivity index (χ0) is 26.6. The summed E-state index contributed by atoms with van der Waals surface area (Å²) in [5.41, 5.74) is 9.12. The topological polar surface area (TPSA) is 21.4 Å². The van der Waals surface area contributed by atoms with Gasteiger partial charge < -0.3 is 4.42 Å². The third-order valence-electron chi connectivity index (χ3n) is 7.34. The lowest BCUT2D eigenvalue weighted by Gasteiger charge is -2.18. The van der Waals surface area contributed by atoms with Crippen molar-refractivity contribution >= 4 is 38.4 Å². The molecule has 0 N–H and O–H groups in total. The summed E-state index contributed by atoms with van der Waals surface area (Å²) in [6.45, 7) is 17.0. The summed E-state index contributed by atoms with van der Waals surface area (Å²) in [7, 11) is 2.08. The van der Waals surface area contributed by atoms with Crippen LogP contribution >= 0.6 is 0 Å². The molecule has 186 valence electrons. The number of aromatic nitrogens is 1. The van der Waals surface area contributed by atoms with Gasteiger partial charge in [0.1, 0.15) is 18.2 Å². The highest BCUT2D eigenvalue weighted by molar-refractivity contribution is 6.16. The molecule has 0 bridgehead atoms. The van der Waals surface area contributed by atoms with E-state index in [2.05, 4.69) is 123 Å². The molecule has 2 heterocycles. The molecule has 0 fully saturated rings. The fourth-order valence-corrected chi connectivity index (χ4v) is 5.57. The van der Waals surface area contributed by atoms with Gasteiger partial charge in [-0.2, -0.15) is 0 Å². The number of nitrogens with zero attached hydrogens (tertiary/aromatic N) is 2. The van der Waals surface area contributed by atoms with Gasteiger partial charge >= 0.3 is 0 Å². The molecule has 0 radical (unpaired) electrons. The fourth-order valence-electron chi connectivity index (χ4n) is 5.57. The van der Waals surface area contributed by atoms with E-state index in [0.29, 0.717) is 5.69 Å². The molecule has 4 aromatic carbocycles. The van der Waals surface area contributed by atoms with E-state index in [4.69, 9.17) is 11.0 Å². The zero-order valence-electron chi connectivity index (χ0n) is 22.6. The van der Waals surface area contributed by atoms with E-state index in [0.717, 1.165) is 56.3 Å². The highest BCUT2D eigenvalue weighted by Gasteiger charge is 2.23. The summed E-state index contributed by atoms with van der Waals surface area (Å²) in [6, 6.07) is 27.6. The Balaban J connectivity index is 1.59. The summed E-state index contributed by atoms with van der Waals surface area (Å²) < 4.78 is 8.81. The van der Waals surface area contributed by atoms with Crippen LogP contribution < -0.4 is 4.57 Å². The second kappa shape index (κ2) is 8.85. The summed E-state index contributed by atoms with van der Waals surface area (Å²) in [5.74, 6) is 0. The van der Waals surface area contributed by atoms with E-state index in [9.17, 15) is 0 Å². The molecule has 0 aliphatic rings. The molecule has 0 saturated carbocycles. The molecule has 0 atom stereocenters. The molecule has 3 nitrogen and oxygen atoms in total. The van der Waals surface area contributed by atoms with Gasteiger partial charge in [0.15, 0.2) is 11.9 Å². The van der Waals surface area contributed by atoms with E-state index in [1.165, 1.54) is 16.3 Å². The largest absolute Gasteiger partial charge is 0.457 e. The average Bonchev–Trinajstić information content (AvgIpc) is 3.27. The number of rotatable bonds is 3. The van der Waals surface area contributed by atoms with Crippen LogP contribution in [-0.4, -0.2) is 0 Å². The number of benzene rings is 4. The van der Waals surface area contributed by atoms with Crippen molar-refractivity contribution in [3.05, 3.63) is 108 Å². The monoisotopic (exact) mass is 495 g/mol. The average molecular weight is 496 g/mol.